The van der Waals surface area contributed by atoms with Gasteiger partial charge in [0.25, 0.3) is 21.8 Å². The Bertz CT molecular complexity index is 797. The quantitative estimate of drug-likeness (QED) is 0.853. The lowest BCUT2D eigenvalue weighted by Crippen LogP contribution is -2.36. The first-order valence-electron chi connectivity index (χ1n) is 8.45. The summed E-state index contributed by atoms with van der Waals surface area (Å²) < 4.78 is 31.5. The van der Waals surface area contributed by atoms with Gasteiger partial charge in [0, 0.05) is 24.8 Å². The Morgan fingerprint density at radius 1 is 1.40 bits per heavy atom. The standard InChI is InChI=1S/C17H22N2O5S/c1-11(2)19-17(21)14-6-5-12(10-15(14)25(19,22)23)16(20)18-8-7-13-4-3-9-24-13/h5-6,10-11,13H,3-4,7-9H2,1-2H3,(H,18,20). The molecule has 0 radical (unpaired) electrons. The van der Waals surface area contributed by atoms with Crippen molar-refractivity contribution in [2.24, 2.45) is 0 Å². The van der Waals surface area contributed by atoms with Crippen molar-refractivity contribution in [3.63, 3.8) is 0 Å². The summed E-state index contributed by atoms with van der Waals surface area (Å²) >= 11 is 0. The van der Waals surface area contributed by atoms with E-state index in [2.05, 4.69) is 5.32 Å². The van der Waals surface area contributed by atoms with Gasteiger partial charge in [-0.3, -0.25) is 9.59 Å². The molecule has 1 unspecified atom stereocenters. The summed E-state index contributed by atoms with van der Waals surface area (Å²) in [7, 11) is -3.90. The predicted octanol–water partition coefficient (Wildman–Crippen LogP) is 1.54. The van der Waals surface area contributed by atoms with Gasteiger partial charge in [0.1, 0.15) is 4.90 Å². The highest BCUT2D eigenvalue weighted by atomic mass is 32.2. The van der Waals surface area contributed by atoms with Crippen LogP contribution in [0.3, 0.4) is 0 Å². The molecule has 3 rings (SSSR count). The number of sulfonamides is 1. The van der Waals surface area contributed by atoms with Crippen LogP contribution < -0.4 is 5.32 Å². The minimum atomic E-state index is -3.90. The van der Waals surface area contributed by atoms with Crippen LogP contribution in [-0.4, -0.2) is 49.8 Å². The van der Waals surface area contributed by atoms with Gasteiger partial charge in [-0.25, -0.2) is 12.7 Å². The number of fused-ring (bicyclic) bond motifs is 1. The highest BCUT2D eigenvalue weighted by molar-refractivity contribution is 7.90. The third-order valence-electron chi connectivity index (χ3n) is 4.46. The van der Waals surface area contributed by atoms with Gasteiger partial charge in [-0.05, 0) is 51.3 Å². The van der Waals surface area contributed by atoms with E-state index in [4.69, 9.17) is 4.74 Å². The highest BCUT2D eigenvalue weighted by Crippen LogP contribution is 2.32. The van der Waals surface area contributed by atoms with Crippen molar-refractivity contribution >= 4 is 21.8 Å². The SMILES string of the molecule is CC(C)N1C(=O)c2ccc(C(=O)NCCC3CCCO3)cc2S1(=O)=O. The molecule has 1 aromatic rings. The predicted molar refractivity (Wildman–Crippen MR) is 90.9 cm³/mol. The molecule has 2 aliphatic heterocycles. The molecule has 0 bridgehead atoms. The van der Waals surface area contributed by atoms with Crippen LogP contribution in [0.5, 0.6) is 0 Å². The van der Waals surface area contributed by atoms with Gasteiger partial charge in [0.2, 0.25) is 0 Å². The largest absolute Gasteiger partial charge is 0.378 e. The average molecular weight is 366 g/mol. The molecule has 7 nitrogen and oxygen atoms in total. The zero-order valence-corrected chi connectivity index (χ0v) is 15.1. The summed E-state index contributed by atoms with van der Waals surface area (Å²) in [5, 5.41) is 2.78. The number of carbonyl (C=O) groups is 2. The van der Waals surface area contributed by atoms with Crippen molar-refractivity contribution in [2.45, 2.75) is 50.2 Å². The Morgan fingerprint density at radius 2 is 2.16 bits per heavy atom. The maximum atomic E-state index is 12.6. The second-order valence-electron chi connectivity index (χ2n) is 6.59. The van der Waals surface area contributed by atoms with E-state index in [0.29, 0.717) is 6.54 Å². The molecule has 2 amide bonds. The van der Waals surface area contributed by atoms with Crippen molar-refractivity contribution in [2.75, 3.05) is 13.2 Å². The van der Waals surface area contributed by atoms with E-state index in [-0.39, 0.29) is 28.0 Å². The molecule has 0 aliphatic carbocycles. The molecule has 0 saturated carbocycles. The van der Waals surface area contributed by atoms with E-state index in [9.17, 15) is 18.0 Å². The molecule has 1 saturated heterocycles. The van der Waals surface area contributed by atoms with E-state index >= 15 is 0 Å². The molecule has 2 heterocycles. The average Bonchev–Trinajstić information content (AvgIpc) is 3.12. The minimum Gasteiger partial charge on any atom is -0.378 e. The Balaban J connectivity index is 1.74. The molecule has 1 fully saturated rings. The van der Waals surface area contributed by atoms with E-state index in [1.807, 2.05) is 0 Å². The topological polar surface area (TPSA) is 92.8 Å². The number of amides is 2. The van der Waals surface area contributed by atoms with Crippen molar-refractivity contribution in [3.05, 3.63) is 29.3 Å². The van der Waals surface area contributed by atoms with Gasteiger partial charge >= 0.3 is 0 Å². The lowest BCUT2D eigenvalue weighted by Gasteiger charge is -2.18. The van der Waals surface area contributed by atoms with Crippen LogP contribution in [0.1, 0.15) is 53.8 Å². The first-order valence-corrected chi connectivity index (χ1v) is 9.89. The van der Waals surface area contributed by atoms with Crippen LogP contribution in [0.4, 0.5) is 0 Å². The Labute approximate surface area is 147 Å². The third-order valence-corrected chi connectivity index (χ3v) is 6.46. The van der Waals surface area contributed by atoms with Gasteiger partial charge in [-0.1, -0.05) is 0 Å². The zero-order chi connectivity index (χ0) is 18.2. The first kappa shape index (κ1) is 17.9. The summed E-state index contributed by atoms with van der Waals surface area (Å²) in [6.45, 7) is 4.51. The van der Waals surface area contributed by atoms with Gasteiger partial charge in [0.15, 0.2) is 0 Å². The first-order chi connectivity index (χ1) is 11.8. The second-order valence-corrected chi connectivity index (χ2v) is 8.37. The maximum Gasteiger partial charge on any atom is 0.269 e. The third kappa shape index (κ3) is 3.28. The van der Waals surface area contributed by atoms with Gasteiger partial charge in [-0.2, -0.15) is 0 Å². The van der Waals surface area contributed by atoms with Crippen LogP contribution in [0.25, 0.3) is 0 Å². The summed E-state index contributed by atoms with van der Waals surface area (Å²) in [5.41, 5.74) is 0.345. The fraction of sp³-hybridized carbons (Fsp3) is 0.529. The van der Waals surface area contributed by atoms with Crippen LogP contribution in [0, 0.1) is 0 Å². The van der Waals surface area contributed by atoms with Gasteiger partial charge in [0.05, 0.1) is 11.7 Å². The van der Waals surface area contributed by atoms with E-state index in [1.165, 1.54) is 18.2 Å². The molecule has 1 aromatic carbocycles. The normalized spacial score (nSPS) is 21.6. The molecular weight excluding hydrogens is 344 g/mol. The number of hydrogen-bond donors (Lipinski definition) is 1. The van der Waals surface area contributed by atoms with E-state index in [0.717, 1.165) is 30.2 Å². The molecule has 1 N–H and O–H groups in total. The Morgan fingerprint density at radius 3 is 2.80 bits per heavy atom. The number of nitrogens with one attached hydrogen (secondary N) is 1. The number of carbonyl (C=O) groups excluding carboxylic acids is 2. The summed E-state index contributed by atoms with van der Waals surface area (Å²) in [6.07, 6.45) is 2.95. The van der Waals surface area contributed by atoms with Crippen LogP contribution in [0.2, 0.25) is 0 Å². The molecular formula is C17H22N2O5S. The molecule has 8 heteroatoms. The number of benzene rings is 1. The summed E-state index contributed by atoms with van der Waals surface area (Å²) in [5.74, 6) is -0.901. The smallest absolute Gasteiger partial charge is 0.269 e. The van der Waals surface area contributed by atoms with Crippen molar-refractivity contribution in [1.82, 2.24) is 9.62 Å². The lowest BCUT2D eigenvalue weighted by molar-refractivity contribution is 0.0844. The minimum absolute atomic E-state index is 0.0991. The number of hydrogen-bond acceptors (Lipinski definition) is 5. The summed E-state index contributed by atoms with van der Waals surface area (Å²) in [6, 6.07) is 3.70. The van der Waals surface area contributed by atoms with E-state index in [1.54, 1.807) is 13.8 Å². The Hall–Kier alpha value is -1.93. The molecule has 0 aromatic heterocycles. The van der Waals surface area contributed by atoms with Gasteiger partial charge < -0.3 is 10.1 Å². The highest BCUT2D eigenvalue weighted by Gasteiger charge is 2.42. The second kappa shape index (κ2) is 6.76. The van der Waals surface area contributed by atoms with Gasteiger partial charge in [-0.15, -0.1) is 0 Å². The fourth-order valence-electron chi connectivity index (χ4n) is 3.22. The monoisotopic (exact) mass is 366 g/mol. The number of rotatable bonds is 5. The molecule has 0 spiro atoms. The van der Waals surface area contributed by atoms with Crippen molar-refractivity contribution in [3.8, 4) is 0 Å². The molecule has 136 valence electrons. The van der Waals surface area contributed by atoms with Crippen LogP contribution >= 0.6 is 0 Å². The van der Waals surface area contributed by atoms with Crippen molar-refractivity contribution in [1.29, 1.82) is 0 Å². The van der Waals surface area contributed by atoms with E-state index < -0.39 is 22.0 Å². The number of nitrogens with zero attached hydrogens (tertiary/aromatic N) is 1. The lowest BCUT2D eigenvalue weighted by atomic mass is 10.1. The number of ether oxygens (including phenoxy) is 1. The zero-order valence-electron chi connectivity index (χ0n) is 14.3. The fourth-order valence-corrected chi connectivity index (χ4v) is 5.01. The Kier molecular flexibility index (Phi) is 4.83. The summed E-state index contributed by atoms with van der Waals surface area (Å²) in [4.78, 5) is 24.5. The maximum absolute atomic E-state index is 12.6. The molecule has 1 atom stereocenters. The van der Waals surface area contributed by atoms with Crippen molar-refractivity contribution < 1.29 is 22.7 Å². The van der Waals surface area contributed by atoms with Crippen LogP contribution in [0.15, 0.2) is 23.1 Å². The molecule has 25 heavy (non-hydrogen) atoms. The molecule has 2 aliphatic rings. The van der Waals surface area contributed by atoms with Crippen LogP contribution in [-0.2, 0) is 14.8 Å².